The Morgan fingerprint density at radius 1 is 1.04 bits per heavy atom. The Kier molecular flexibility index (Phi) is 4.69. The van der Waals surface area contributed by atoms with Crippen LogP contribution in [0.15, 0.2) is 18.2 Å². The molecule has 8 nitrogen and oxygen atoms in total. The molecule has 0 spiro atoms. The molecule has 25 heavy (non-hydrogen) atoms. The van der Waals surface area contributed by atoms with Crippen LogP contribution in [0.4, 0.5) is 4.79 Å². The van der Waals surface area contributed by atoms with Crippen molar-refractivity contribution in [2.75, 3.05) is 26.3 Å². The van der Waals surface area contributed by atoms with Crippen LogP contribution in [0.25, 0.3) is 0 Å². The maximum Gasteiger partial charge on any atom is 0.334 e. The summed E-state index contributed by atoms with van der Waals surface area (Å²) in [7, 11) is 0. The van der Waals surface area contributed by atoms with Crippen LogP contribution >= 0.6 is 0 Å². The second-order valence-corrected chi connectivity index (χ2v) is 5.77. The molecule has 8 heteroatoms. The number of Topliss-reactive ketones (excluding diaryl/α,β-unsaturated/α-hetero) is 1. The molecule has 0 N–H and O–H groups in total. The van der Waals surface area contributed by atoms with Crippen molar-refractivity contribution in [3.63, 3.8) is 0 Å². The number of imide groups is 2. The number of carbonyl (C=O) groups is 4. The predicted molar refractivity (Wildman–Crippen MR) is 85.5 cm³/mol. The molecular formula is C17H18N2O6. The zero-order chi connectivity index (χ0) is 18.0. The Bertz CT molecular complexity index is 745. The van der Waals surface area contributed by atoms with Gasteiger partial charge in [-0.1, -0.05) is 13.3 Å². The molecule has 1 fully saturated rings. The van der Waals surface area contributed by atoms with Crippen LogP contribution in [0.1, 0.15) is 30.1 Å². The van der Waals surface area contributed by atoms with Crippen molar-refractivity contribution in [3.05, 3.63) is 23.8 Å². The van der Waals surface area contributed by atoms with E-state index >= 15 is 0 Å². The number of unbranched alkanes of at least 4 members (excludes halogenated alkanes) is 1. The molecule has 3 rings (SSSR count). The minimum absolute atomic E-state index is 0.175. The van der Waals surface area contributed by atoms with Gasteiger partial charge in [-0.25, -0.2) is 9.69 Å². The fourth-order valence-corrected chi connectivity index (χ4v) is 2.65. The maximum absolute atomic E-state index is 12.4. The van der Waals surface area contributed by atoms with Gasteiger partial charge in [0, 0.05) is 12.1 Å². The summed E-state index contributed by atoms with van der Waals surface area (Å²) in [5.74, 6) is -1.32. The average Bonchev–Trinajstić information content (AvgIpc) is 2.83. The lowest BCUT2D eigenvalue weighted by Gasteiger charge is -2.19. The van der Waals surface area contributed by atoms with E-state index in [9.17, 15) is 19.2 Å². The first-order chi connectivity index (χ1) is 12.0. The smallest absolute Gasteiger partial charge is 0.334 e. The molecule has 0 bridgehead atoms. The van der Waals surface area contributed by atoms with Crippen molar-refractivity contribution in [1.82, 2.24) is 9.80 Å². The highest BCUT2D eigenvalue weighted by molar-refractivity contribution is 6.45. The van der Waals surface area contributed by atoms with Crippen molar-refractivity contribution >= 4 is 23.6 Å². The average molecular weight is 346 g/mol. The largest absolute Gasteiger partial charge is 0.486 e. The molecule has 1 aromatic rings. The summed E-state index contributed by atoms with van der Waals surface area (Å²) in [5, 5.41) is 0. The number of benzene rings is 1. The second-order valence-electron chi connectivity index (χ2n) is 5.77. The highest BCUT2D eigenvalue weighted by atomic mass is 16.6. The molecule has 0 radical (unpaired) electrons. The number of amides is 4. The van der Waals surface area contributed by atoms with Gasteiger partial charge in [-0.05, 0) is 24.6 Å². The summed E-state index contributed by atoms with van der Waals surface area (Å²) in [4.78, 5) is 50.2. The van der Waals surface area contributed by atoms with Gasteiger partial charge in [-0.2, -0.15) is 0 Å². The van der Waals surface area contributed by atoms with Gasteiger partial charge in [-0.15, -0.1) is 0 Å². The summed E-state index contributed by atoms with van der Waals surface area (Å²) < 4.78 is 10.8. The number of fused-ring (bicyclic) bond motifs is 1. The lowest BCUT2D eigenvalue weighted by Crippen LogP contribution is -2.37. The van der Waals surface area contributed by atoms with Gasteiger partial charge in [0.15, 0.2) is 17.3 Å². The van der Waals surface area contributed by atoms with Gasteiger partial charge in [0.25, 0.3) is 0 Å². The predicted octanol–water partition coefficient (Wildman–Crippen LogP) is 1.23. The van der Waals surface area contributed by atoms with E-state index in [1.165, 1.54) is 12.1 Å². The molecule has 0 saturated carbocycles. The molecule has 1 aromatic carbocycles. The second kappa shape index (κ2) is 6.92. The molecular weight excluding hydrogens is 328 g/mol. The molecule has 2 aliphatic rings. The molecule has 0 atom stereocenters. The van der Waals surface area contributed by atoms with Gasteiger partial charge in [0.2, 0.25) is 0 Å². The van der Waals surface area contributed by atoms with Crippen molar-refractivity contribution in [2.24, 2.45) is 0 Å². The summed E-state index contributed by atoms with van der Waals surface area (Å²) in [5.41, 5.74) is 0.282. The molecule has 4 amide bonds. The van der Waals surface area contributed by atoms with Crippen LogP contribution in [-0.2, 0) is 9.59 Å². The normalized spacial score (nSPS) is 16.6. The number of hydrogen-bond acceptors (Lipinski definition) is 6. The lowest BCUT2D eigenvalue weighted by atomic mass is 10.1. The standard InChI is InChI=1S/C17H18N2O6/c1-2-3-6-18-15(21)16(22)19(17(18)23)10-12(20)11-4-5-13-14(9-11)25-8-7-24-13/h4-5,9H,2-3,6-8,10H2,1H3. The van der Waals surface area contributed by atoms with E-state index in [2.05, 4.69) is 0 Å². The van der Waals surface area contributed by atoms with Crippen LogP contribution in [0.3, 0.4) is 0 Å². The number of ether oxygens (including phenoxy) is 2. The van der Waals surface area contributed by atoms with E-state index in [0.29, 0.717) is 36.0 Å². The van der Waals surface area contributed by atoms with Crippen molar-refractivity contribution in [2.45, 2.75) is 19.8 Å². The third kappa shape index (κ3) is 3.19. The lowest BCUT2D eigenvalue weighted by molar-refractivity contribution is -0.143. The fraction of sp³-hybridized carbons (Fsp3) is 0.412. The fourth-order valence-electron chi connectivity index (χ4n) is 2.65. The Hall–Kier alpha value is -2.90. The first kappa shape index (κ1) is 16.9. The summed E-state index contributed by atoms with van der Waals surface area (Å²) in [6, 6.07) is 3.92. The van der Waals surface area contributed by atoms with Crippen LogP contribution in [0, 0.1) is 0 Å². The number of rotatable bonds is 6. The highest BCUT2D eigenvalue weighted by Crippen LogP contribution is 2.31. The molecule has 0 aromatic heterocycles. The third-order valence-corrected chi connectivity index (χ3v) is 4.04. The number of nitrogens with zero attached hydrogens (tertiary/aromatic N) is 2. The first-order valence-corrected chi connectivity index (χ1v) is 8.13. The summed E-state index contributed by atoms with van der Waals surface area (Å²) >= 11 is 0. The third-order valence-electron chi connectivity index (χ3n) is 4.04. The maximum atomic E-state index is 12.4. The van der Waals surface area contributed by atoms with E-state index in [1.54, 1.807) is 6.07 Å². The van der Waals surface area contributed by atoms with Gasteiger partial charge in [0.1, 0.15) is 13.2 Å². The van der Waals surface area contributed by atoms with Crippen LogP contribution < -0.4 is 9.47 Å². The van der Waals surface area contributed by atoms with Crippen molar-refractivity contribution in [3.8, 4) is 11.5 Å². The van der Waals surface area contributed by atoms with E-state index in [4.69, 9.17) is 9.47 Å². The van der Waals surface area contributed by atoms with Crippen molar-refractivity contribution in [1.29, 1.82) is 0 Å². The first-order valence-electron chi connectivity index (χ1n) is 8.13. The zero-order valence-corrected chi connectivity index (χ0v) is 13.8. The molecule has 0 aliphatic carbocycles. The topological polar surface area (TPSA) is 93.2 Å². The number of hydrogen-bond donors (Lipinski definition) is 0. The van der Waals surface area contributed by atoms with E-state index in [0.717, 1.165) is 11.3 Å². The Labute approximate surface area is 144 Å². The molecule has 132 valence electrons. The van der Waals surface area contributed by atoms with E-state index in [-0.39, 0.29) is 12.1 Å². The molecule has 0 unspecified atom stereocenters. The highest BCUT2D eigenvalue weighted by Gasteiger charge is 2.44. The van der Waals surface area contributed by atoms with Gasteiger partial charge in [0.05, 0.1) is 6.54 Å². The van der Waals surface area contributed by atoms with Crippen molar-refractivity contribution < 1.29 is 28.7 Å². The van der Waals surface area contributed by atoms with Crippen LogP contribution in [0.2, 0.25) is 0 Å². The number of carbonyl (C=O) groups excluding carboxylic acids is 4. The molecule has 2 heterocycles. The zero-order valence-electron chi connectivity index (χ0n) is 13.8. The van der Waals surface area contributed by atoms with Crippen LogP contribution in [0.5, 0.6) is 11.5 Å². The van der Waals surface area contributed by atoms with Gasteiger partial charge < -0.3 is 9.47 Å². The quantitative estimate of drug-likeness (QED) is 0.437. The minimum Gasteiger partial charge on any atom is -0.486 e. The Morgan fingerprint density at radius 3 is 2.44 bits per heavy atom. The van der Waals surface area contributed by atoms with Gasteiger partial charge >= 0.3 is 17.8 Å². The van der Waals surface area contributed by atoms with E-state index in [1.807, 2.05) is 6.92 Å². The van der Waals surface area contributed by atoms with Gasteiger partial charge in [-0.3, -0.25) is 19.3 Å². The number of ketones is 1. The minimum atomic E-state index is -0.966. The molecule has 2 aliphatic heterocycles. The SMILES string of the molecule is CCCCN1C(=O)C(=O)N(CC(=O)c2ccc3c(c2)OCCO3)C1=O. The summed E-state index contributed by atoms with van der Waals surface area (Å²) in [6.07, 6.45) is 1.39. The summed E-state index contributed by atoms with van der Waals surface area (Å²) in [6.45, 7) is 2.43. The van der Waals surface area contributed by atoms with Crippen LogP contribution in [-0.4, -0.2) is 59.7 Å². The Balaban J connectivity index is 1.73. The monoisotopic (exact) mass is 346 g/mol. The number of urea groups is 1. The molecule has 1 saturated heterocycles. The Morgan fingerprint density at radius 2 is 1.72 bits per heavy atom. The van der Waals surface area contributed by atoms with E-state index < -0.39 is 30.2 Å².